The van der Waals surface area contributed by atoms with Crippen LogP contribution in [0.5, 0.6) is 0 Å². The third kappa shape index (κ3) is 6.12. The second-order valence-electron chi connectivity index (χ2n) is 6.97. The van der Waals surface area contributed by atoms with Crippen molar-refractivity contribution >= 4 is 41.3 Å². The normalized spacial score (nSPS) is 10.8. The Balaban J connectivity index is 1.31. The maximum absolute atomic E-state index is 12.3. The van der Waals surface area contributed by atoms with Gasteiger partial charge < -0.3 is 4.74 Å². The Kier molecular flexibility index (Phi) is 7.82. The predicted octanol–water partition coefficient (Wildman–Crippen LogP) is 6.14. The van der Waals surface area contributed by atoms with Gasteiger partial charge in [-0.15, -0.1) is 5.10 Å². The van der Waals surface area contributed by atoms with Crippen molar-refractivity contribution in [2.45, 2.75) is 22.9 Å². The van der Waals surface area contributed by atoms with Crippen LogP contribution in [-0.2, 0) is 16.9 Å². The number of nitrogens with zero attached hydrogens (tertiary/aromatic N) is 3. The number of hydrogen-bond acceptors (Lipinski definition) is 7. The second-order valence-corrected chi connectivity index (χ2v) is 9.81. The molecule has 0 unspecified atom stereocenters. The number of rotatable bonds is 9. The third-order valence-corrected chi connectivity index (χ3v) is 7.08. The minimum atomic E-state index is -0.330. The predicted molar refractivity (Wildman–Crippen MR) is 131 cm³/mol. The van der Waals surface area contributed by atoms with E-state index in [-0.39, 0.29) is 5.97 Å². The zero-order chi connectivity index (χ0) is 22.2. The standard InChI is InChI=1S/C24H21N3O2S3/c28-22(29-15-5-9-18-8-4-14-25-16-18)20-10-12-21(13-11-20)27-24(30)32-23(26-27)31-17-19-6-2-1-3-7-19/h1-4,6-8,10-14,16H,5,9,15,17H2. The van der Waals surface area contributed by atoms with Gasteiger partial charge in [0.05, 0.1) is 17.9 Å². The molecule has 0 N–H and O–H groups in total. The molecule has 5 nitrogen and oxygen atoms in total. The number of aryl methyl sites for hydroxylation is 1. The number of thioether (sulfide) groups is 1. The molecule has 0 radical (unpaired) electrons. The van der Waals surface area contributed by atoms with Crippen molar-refractivity contribution in [2.24, 2.45) is 0 Å². The molecule has 0 aliphatic carbocycles. The number of carbonyl (C=O) groups excluding carboxylic acids is 1. The van der Waals surface area contributed by atoms with Gasteiger partial charge in [-0.2, -0.15) is 0 Å². The Hall–Kier alpha value is -2.81. The lowest BCUT2D eigenvalue weighted by molar-refractivity contribution is 0.0500. The van der Waals surface area contributed by atoms with E-state index in [9.17, 15) is 4.79 Å². The van der Waals surface area contributed by atoms with Crippen LogP contribution >= 0.6 is 35.3 Å². The number of ether oxygens (including phenoxy) is 1. The molecule has 0 bridgehead atoms. The maximum Gasteiger partial charge on any atom is 0.338 e. The molecule has 8 heteroatoms. The number of carbonyl (C=O) groups is 1. The van der Waals surface area contributed by atoms with Crippen LogP contribution < -0.4 is 0 Å². The van der Waals surface area contributed by atoms with Crippen LogP contribution in [0, 0.1) is 3.95 Å². The van der Waals surface area contributed by atoms with E-state index >= 15 is 0 Å². The maximum atomic E-state index is 12.3. The van der Waals surface area contributed by atoms with E-state index in [0.29, 0.717) is 16.1 Å². The molecule has 0 atom stereocenters. The molecule has 2 aromatic carbocycles. The topological polar surface area (TPSA) is 57.0 Å². The molecule has 0 aliphatic rings. The summed E-state index contributed by atoms with van der Waals surface area (Å²) in [6.07, 6.45) is 5.16. The fraction of sp³-hybridized carbons (Fsp3) is 0.167. The SMILES string of the molecule is O=C(OCCCc1cccnc1)c1ccc(-n2nc(SCc3ccccc3)sc2=S)cc1. The minimum Gasteiger partial charge on any atom is -0.462 e. The van der Waals surface area contributed by atoms with E-state index in [2.05, 4.69) is 22.2 Å². The van der Waals surface area contributed by atoms with E-state index in [1.165, 1.54) is 16.9 Å². The average Bonchev–Trinajstić information content (AvgIpc) is 3.22. The number of aromatic nitrogens is 3. The highest BCUT2D eigenvalue weighted by Gasteiger charge is 2.10. The van der Waals surface area contributed by atoms with Gasteiger partial charge in [0.2, 0.25) is 0 Å². The minimum absolute atomic E-state index is 0.330. The number of benzene rings is 2. The van der Waals surface area contributed by atoms with Gasteiger partial charge in [-0.25, -0.2) is 9.48 Å². The molecule has 0 fully saturated rings. The molecule has 2 heterocycles. The molecular formula is C24H21N3O2S3. The summed E-state index contributed by atoms with van der Waals surface area (Å²) in [6.45, 7) is 0.370. The molecular weight excluding hydrogens is 458 g/mol. The molecule has 4 aromatic rings. The summed E-state index contributed by atoms with van der Waals surface area (Å²) >= 11 is 8.64. The van der Waals surface area contributed by atoms with Crippen molar-refractivity contribution in [1.82, 2.24) is 14.8 Å². The summed E-state index contributed by atoms with van der Waals surface area (Å²) in [7, 11) is 0. The van der Waals surface area contributed by atoms with E-state index in [0.717, 1.165) is 34.2 Å². The molecule has 0 aliphatic heterocycles. The van der Waals surface area contributed by atoms with E-state index in [1.54, 1.807) is 34.8 Å². The highest BCUT2D eigenvalue weighted by molar-refractivity contribution is 8.00. The van der Waals surface area contributed by atoms with Gasteiger partial charge in [0, 0.05) is 18.1 Å². The first-order valence-electron chi connectivity index (χ1n) is 10.1. The Labute approximate surface area is 200 Å². The first kappa shape index (κ1) is 22.4. The van der Waals surface area contributed by atoms with Gasteiger partial charge in [0.15, 0.2) is 8.29 Å². The number of esters is 1. The van der Waals surface area contributed by atoms with Crippen LogP contribution in [0.4, 0.5) is 0 Å². The molecule has 0 amide bonds. The van der Waals surface area contributed by atoms with Crippen molar-refractivity contribution in [2.75, 3.05) is 6.61 Å². The first-order valence-corrected chi connectivity index (χ1v) is 12.3. The summed E-state index contributed by atoms with van der Waals surface area (Å²) in [4.78, 5) is 16.4. The molecule has 4 rings (SSSR count). The lowest BCUT2D eigenvalue weighted by Gasteiger charge is -2.06. The summed E-state index contributed by atoms with van der Waals surface area (Å²) < 4.78 is 8.71. The van der Waals surface area contributed by atoms with Gasteiger partial charge in [0.25, 0.3) is 0 Å². The van der Waals surface area contributed by atoms with Crippen LogP contribution in [-0.4, -0.2) is 27.3 Å². The first-order chi connectivity index (χ1) is 15.7. The van der Waals surface area contributed by atoms with Gasteiger partial charge in [-0.3, -0.25) is 4.98 Å². The molecule has 2 aromatic heterocycles. The van der Waals surface area contributed by atoms with Crippen LogP contribution in [0.15, 0.2) is 83.5 Å². The smallest absolute Gasteiger partial charge is 0.338 e. The number of pyridine rings is 1. The zero-order valence-corrected chi connectivity index (χ0v) is 19.7. The van der Waals surface area contributed by atoms with E-state index in [1.807, 2.05) is 48.7 Å². The van der Waals surface area contributed by atoms with Gasteiger partial charge in [-0.05, 0) is 66.5 Å². The fourth-order valence-electron chi connectivity index (χ4n) is 3.01. The number of hydrogen-bond donors (Lipinski definition) is 0. The summed E-state index contributed by atoms with van der Waals surface area (Å²) in [6, 6.07) is 21.4. The van der Waals surface area contributed by atoms with Crippen LogP contribution in [0.2, 0.25) is 0 Å². The van der Waals surface area contributed by atoms with Crippen molar-refractivity contribution < 1.29 is 9.53 Å². The lowest BCUT2D eigenvalue weighted by Crippen LogP contribution is -2.07. The van der Waals surface area contributed by atoms with E-state index < -0.39 is 0 Å². The van der Waals surface area contributed by atoms with E-state index in [4.69, 9.17) is 17.0 Å². The monoisotopic (exact) mass is 479 g/mol. The van der Waals surface area contributed by atoms with Crippen LogP contribution in [0.25, 0.3) is 5.69 Å². The Morgan fingerprint density at radius 1 is 1.03 bits per heavy atom. The summed E-state index contributed by atoms with van der Waals surface area (Å²) in [5.41, 5.74) is 3.71. The highest BCUT2D eigenvalue weighted by Crippen LogP contribution is 2.27. The lowest BCUT2D eigenvalue weighted by atomic mass is 10.2. The Bertz CT molecular complexity index is 1210. The average molecular weight is 480 g/mol. The summed E-state index contributed by atoms with van der Waals surface area (Å²) in [5, 5.41) is 4.63. The zero-order valence-electron chi connectivity index (χ0n) is 17.2. The Morgan fingerprint density at radius 2 is 1.81 bits per heavy atom. The molecule has 162 valence electrons. The highest BCUT2D eigenvalue weighted by atomic mass is 32.2. The van der Waals surface area contributed by atoms with Crippen molar-refractivity contribution in [3.63, 3.8) is 0 Å². The molecule has 32 heavy (non-hydrogen) atoms. The van der Waals surface area contributed by atoms with Gasteiger partial charge >= 0.3 is 5.97 Å². The molecule has 0 spiro atoms. The second kappa shape index (κ2) is 11.2. The van der Waals surface area contributed by atoms with Crippen molar-refractivity contribution in [3.05, 3.63) is 99.8 Å². The van der Waals surface area contributed by atoms with Gasteiger partial charge in [-0.1, -0.05) is 59.5 Å². The van der Waals surface area contributed by atoms with Crippen LogP contribution in [0.3, 0.4) is 0 Å². The molecule has 0 saturated carbocycles. The quantitative estimate of drug-likeness (QED) is 0.124. The van der Waals surface area contributed by atoms with Crippen LogP contribution in [0.1, 0.15) is 27.9 Å². The summed E-state index contributed by atoms with van der Waals surface area (Å²) in [5.74, 6) is 0.512. The largest absolute Gasteiger partial charge is 0.462 e. The van der Waals surface area contributed by atoms with Crippen molar-refractivity contribution in [1.29, 1.82) is 0 Å². The third-order valence-electron chi connectivity index (χ3n) is 4.65. The fourth-order valence-corrected chi connectivity index (χ4v) is 5.33. The molecule has 0 saturated heterocycles. The Morgan fingerprint density at radius 3 is 2.56 bits per heavy atom. The van der Waals surface area contributed by atoms with Crippen molar-refractivity contribution in [3.8, 4) is 5.69 Å². The van der Waals surface area contributed by atoms with Gasteiger partial charge in [0.1, 0.15) is 0 Å².